The molecule has 1 aromatic rings. The first-order valence-corrected chi connectivity index (χ1v) is 5.57. The Hall–Kier alpha value is -2.04. The Balaban J connectivity index is 2.66. The van der Waals surface area contributed by atoms with Crippen molar-refractivity contribution in [1.29, 1.82) is 0 Å². The first-order chi connectivity index (χ1) is 8.58. The molecule has 2 N–H and O–H groups in total. The number of carbonyl (C=O) groups is 1. The van der Waals surface area contributed by atoms with Crippen LogP contribution in [0.5, 0.6) is 5.75 Å². The number of hydrogen-bond donors (Lipinski definition) is 2. The summed E-state index contributed by atoms with van der Waals surface area (Å²) in [6.45, 7) is 5.65. The molecular weight excluding hydrogens is 235 g/mol. The lowest BCUT2D eigenvalue weighted by Crippen LogP contribution is -2.37. The number of methoxy groups -OCH3 is 1. The lowest BCUT2D eigenvalue weighted by atomic mass is 10.2. The summed E-state index contributed by atoms with van der Waals surface area (Å²) in [6.07, 6.45) is 1.60. The zero-order chi connectivity index (χ0) is 13.5. The van der Waals surface area contributed by atoms with E-state index in [-0.39, 0.29) is 11.7 Å². The van der Waals surface area contributed by atoms with Crippen LogP contribution in [0, 0.1) is 5.82 Å². The molecule has 0 aliphatic heterocycles. The number of amides is 1. The van der Waals surface area contributed by atoms with Gasteiger partial charge in [0.05, 0.1) is 7.11 Å². The largest absolute Gasteiger partial charge is 0.494 e. The van der Waals surface area contributed by atoms with Gasteiger partial charge in [-0.1, -0.05) is 6.08 Å². The highest BCUT2D eigenvalue weighted by Gasteiger charge is 2.12. The second-order valence-corrected chi connectivity index (χ2v) is 3.75. The normalized spacial score (nSPS) is 11.5. The van der Waals surface area contributed by atoms with E-state index in [0.29, 0.717) is 12.2 Å². The number of anilines is 1. The van der Waals surface area contributed by atoms with E-state index < -0.39 is 11.9 Å². The summed E-state index contributed by atoms with van der Waals surface area (Å²) in [5.74, 6) is -0.455. The predicted molar refractivity (Wildman–Crippen MR) is 69.2 cm³/mol. The van der Waals surface area contributed by atoms with Crippen LogP contribution in [0.25, 0.3) is 0 Å². The van der Waals surface area contributed by atoms with Crippen molar-refractivity contribution in [2.24, 2.45) is 0 Å². The molecule has 0 fully saturated rings. The summed E-state index contributed by atoms with van der Waals surface area (Å²) in [6, 6.07) is 3.91. The number of carbonyl (C=O) groups excluding carboxylic acids is 1. The maximum atomic E-state index is 13.2. The minimum absolute atomic E-state index is 0.138. The molecule has 0 saturated carbocycles. The average Bonchev–Trinajstić information content (AvgIpc) is 2.37. The SMILES string of the molecule is C=CCNC(=O)C(C)Nc1ccc(F)c(OC)c1. The third-order valence-corrected chi connectivity index (χ3v) is 2.35. The standard InChI is InChI=1S/C13H17FN2O2/c1-4-7-15-13(17)9(2)16-10-5-6-11(14)12(8-10)18-3/h4-6,8-9,16H,1,7H2,2-3H3,(H,15,17). The number of nitrogens with one attached hydrogen (secondary N) is 2. The highest BCUT2D eigenvalue weighted by atomic mass is 19.1. The Morgan fingerprint density at radius 2 is 2.33 bits per heavy atom. The molecule has 0 heterocycles. The van der Waals surface area contributed by atoms with E-state index in [2.05, 4.69) is 17.2 Å². The topological polar surface area (TPSA) is 50.4 Å². The Morgan fingerprint density at radius 3 is 2.94 bits per heavy atom. The van der Waals surface area contributed by atoms with E-state index in [1.165, 1.54) is 19.2 Å². The minimum Gasteiger partial charge on any atom is -0.494 e. The third-order valence-electron chi connectivity index (χ3n) is 2.35. The number of halogens is 1. The van der Waals surface area contributed by atoms with Gasteiger partial charge in [0.2, 0.25) is 5.91 Å². The van der Waals surface area contributed by atoms with Gasteiger partial charge in [0, 0.05) is 18.3 Å². The van der Waals surface area contributed by atoms with Crippen LogP contribution >= 0.6 is 0 Å². The number of hydrogen-bond acceptors (Lipinski definition) is 3. The quantitative estimate of drug-likeness (QED) is 0.761. The fourth-order valence-electron chi connectivity index (χ4n) is 1.39. The fourth-order valence-corrected chi connectivity index (χ4v) is 1.39. The molecule has 0 bridgehead atoms. The molecule has 0 aromatic heterocycles. The lowest BCUT2D eigenvalue weighted by molar-refractivity contribution is -0.121. The summed E-state index contributed by atoms with van der Waals surface area (Å²) >= 11 is 0. The summed E-state index contributed by atoms with van der Waals surface area (Å²) in [5, 5.41) is 5.63. The molecule has 1 rings (SSSR count). The van der Waals surface area contributed by atoms with E-state index in [0.717, 1.165) is 0 Å². The fraction of sp³-hybridized carbons (Fsp3) is 0.308. The van der Waals surface area contributed by atoms with Crippen molar-refractivity contribution in [3.63, 3.8) is 0 Å². The molecule has 0 spiro atoms. The van der Waals surface area contributed by atoms with Crippen LogP contribution in [0.2, 0.25) is 0 Å². The highest BCUT2D eigenvalue weighted by Crippen LogP contribution is 2.21. The van der Waals surface area contributed by atoms with E-state index in [4.69, 9.17) is 4.74 Å². The minimum atomic E-state index is -0.438. The van der Waals surface area contributed by atoms with Crippen molar-refractivity contribution in [2.45, 2.75) is 13.0 Å². The molecule has 0 saturated heterocycles. The van der Waals surface area contributed by atoms with E-state index >= 15 is 0 Å². The van der Waals surface area contributed by atoms with Gasteiger partial charge in [0.25, 0.3) is 0 Å². The highest BCUT2D eigenvalue weighted by molar-refractivity contribution is 5.84. The number of ether oxygens (including phenoxy) is 1. The maximum absolute atomic E-state index is 13.2. The van der Waals surface area contributed by atoms with Gasteiger partial charge in [0.1, 0.15) is 6.04 Å². The maximum Gasteiger partial charge on any atom is 0.242 e. The van der Waals surface area contributed by atoms with Crippen molar-refractivity contribution in [3.05, 3.63) is 36.7 Å². The second kappa shape index (κ2) is 6.64. The van der Waals surface area contributed by atoms with Crippen LogP contribution in [-0.4, -0.2) is 25.6 Å². The van der Waals surface area contributed by atoms with Crippen LogP contribution < -0.4 is 15.4 Å². The summed E-state index contributed by atoms with van der Waals surface area (Å²) in [7, 11) is 1.39. The monoisotopic (exact) mass is 252 g/mol. The zero-order valence-corrected chi connectivity index (χ0v) is 10.5. The summed E-state index contributed by atoms with van der Waals surface area (Å²) in [5.41, 5.74) is 0.620. The van der Waals surface area contributed by atoms with Crippen LogP contribution in [0.15, 0.2) is 30.9 Å². The van der Waals surface area contributed by atoms with Gasteiger partial charge < -0.3 is 15.4 Å². The molecule has 1 atom stereocenters. The van der Waals surface area contributed by atoms with Crippen LogP contribution in [0.4, 0.5) is 10.1 Å². The van der Waals surface area contributed by atoms with Gasteiger partial charge in [-0.05, 0) is 19.1 Å². The Labute approximate surface area is 106 Å². The van der Waals surface area contributed by atoms with E-state index in [1.807, 2.05) is 0 Å². The Morgan fingerprint density at radius 1 is 1.61 bits per heavy atom. The molecule has 1 unspecified atom stereocenters. The van der Waals surface area contributed by atoms with Crippen LogP contribution in [0.1, 0.15) is 6.92 Å². The van der Waals surface area contributed by atoms with Crippen molar-refractivity contribution in [3.8, 4) is 5.75 Å². The van der Waals surface area contributed by atoms with Gasteiger partial charge in [-0.3, -0.25) is 4.79 Å². The van der Waals surface area contributed by atoms with Crippen LogP contribution in [-0.2, 0) is 4.79 Å². The number of rotatable bonds is 6. The van der Waals surface area contributed by atoms with Gasteiger partial charge >= 0.3 is 0 Å². The van der Waals surface area contributed by atoms with E-state index in [1.54, 1.807) is 19.1 Å². The molecule has 0 aliphatic rings. The van der Waals surface area contributed by atoms with E-state index in [9.17, 15) is 9.18 Å². The summed E-state index contributed by atoms with van der Waals surface area (Å²) < 4.78 is 18.1. The molecule has 0 aliphatic carbocycles. The summed E-state index contributed by atoms with van der Waals surface area (Å²) in [4.78, 5) is 11.6. The van der Waals surface area contributed by atoms with Crippen molar-refractivity contribution in [2.75, 3.05) is 19.0 Å². The molecule has 0 radical (unpaired) electrons. The molecule has 1 amide bonds. The van der Waals surface area contributed by atoms with Gasteiger partial charge in [0.15, 0.2) is 11.6 Å². The third kappa shape index (κ3) is 3.76. The molecule has 4 nitrogen and oxygen atoms in total. The Kier molecular flexibility index (Phi) is 5.17. The first-order valence-electron chi connectivity index (χ1n) is 5.57. The van der Waals surface area contributed by atoms with Gasteiger partial charge in [-0.25, -0.2) is 4.39 Å². The lowest BCUT2D eigenvalue weighted by Gasteiger charge is -2.15. The second-order valence-electron chi connectivity index (χ2n) is 3.75. The van der Waals surface area contributed by atoms with Crippen molar-refractivity contribution >= 4 is 11.6 Å². The van der Waals surface area contributed by atoms with Gasteiger partial charge in [-0.15, -0.1) is 6.58 Å². The Bertz CT molecular complexity index is 435. The van der Waals surface area contributed by atoms with Crippen LogP contribution in [0.3, 0.4) is 0 Å². The molecule has 1 aromatic carbocycles. The van der Waals surface area contributed by atoms with Crippen molar-refractivity contribution in [1.82, 2.24) is 5.32 Å². The molecule has 18 heavy (non-hydrogen) atoms. The molecule has 5 heteroatoms. The van der Waals surface area contributed by atoms with Crippen molar-refractivity contribution < 1.29 is 13.9 Å². The molecule has 98 valence electrons. The molecular formula is C13H17FN2O2. The smallest absolute Gasteiger partial charge is 0.242 e. The first kappa shape index (κ1) is 14.0. The van der Waals surface area contributed by atoms with Gasteiger partial charge in [-0.2, -0.15) is 0 Å². The number of benzene rings is 1. The predicted octanol–water partition coefficient (Wildman–Crippen LogP) is 1.94. The zero-order valence-electron chi connectivity index (χ0n) is 10.5. The average molecular weight is 252 g/mol.